The van der Waals surface area contributed by atoms with Gasteiger partial charge in [-0.05, 0) is 43.2 Å². The molecule has 0 unspecified atom stereocenters. The molecule has 6 heteroatoms. The van der Waals surface area contributed by atoms with Gasteiger partial charge in [0.1, 0.15) is 0 Å². The van der Waals surface area contributed by atoms with E-state index < -0.39 is 11.9 Å². The first-order valence-electron chi connectivity index (χ1n) is 11.4. The summed E-state index contributed by atoms with van der Waals surface area (Å²) in [5.41, 5.74) is 2.28. The Morgan fingerprint density at radius 2 is 1.17 bits per heavy atom. The van der Waals surface area contributed by atoms with E-state index in [9.17, 15) is 14.4 Å². The maximum Gasteiger partial charge on any atom is 0.386 e. The average Bonchev–Trinajstić information content (AvgIpc) is 2.93. The fourth-order valence-electron chi connectivity index (χ4n) is 2.34. The van der Waals surface area contributed by atoms with E-state index in [1.165, 1.54) is 5.56 Å². The highest BCUT2D eigenvalue weighted by Gasteiger charge is 2.13. The number of hydrogen-bond acceptors (Lipinski definition) is 6. The molecule has 0 N–H and O–H groups in total. The third kappa shape index (κ3) is 12.7. The van der Waals surface area contributed by atoms with E-state index in [-0.39, 0.29) is 5.97 Å². The molecule has 0 spiro atoms. The molecule has 0 atom stereocenters. The fourth-order valence-corrected chi connectivity index (χ4v) is 2.34. The second-order valence-corrected chi connectivity index (χ2v) is 7.36. The third-order valence-corrected chi connectivity index (χ3v) is 4.33. The van der Waals surface area contributed by atoms with E-state index in [1.54, 1.807) is 67.6 Å². The van der Waals surface area contributed by atoms with Gasteiger partial charge in [0.25, 0.3) is 0 Å². The van der Waals surface area contributed by atoms with Crippen LogP contribution in [0.1, 0.15) is 53.0 Å². The summed E-state index contributed by atoms with van der Waals surface area (Å²) < 4.78 is 4.81. The summed E-state index contributed by atoms with van der Waals surface area (Å²) in [6.45, 7) is 11.3. The van der Waals surface area contributed by atoms with E-state index in [4.69, 9.17) is 4.74 Å². The van der Waals surface area contributed by atoms with Crippen LogP contribution in [0.15, 0.2) is 110 Å². The second-order valence-electron chi connectivity index (χ2n) is 7.36. The molecule has 0 heterocycles. The lowest BCUT2D eigenvalue weighted by Gasteiger charge is -2.02. The highest BCUT2D eigenvalue weighted by atomic mass is 17.2. The number of esters is 1. The standard InChI is InChI=1S/C14H10O4.C8H14O2.C8H8/c15-13(11-7-3-1-4-8-11)17-18-14(16)12-9-5-2-6-10-12;1-4-5-6-10-8(9)7(2)3;1-2-8-6-4-3-5-7-8/h1-10H;2,4-6H2,1,3H3;2-7H,1H2. The molecule has 0 saturated heterocycles. The number of rotatable bonds is 7. The molecule has 0 radical (unpaired) electrons. The molecule has 188 valence electrons. The van der Waals surface area contributed by atoms with Crippen molar-refractivity contribution >= 4 is 24.0 Å². The average molecular weight is 489 g/mol. The first-order chi connectivity index (χ1) is 17.4. The molecule has 3 rings (SSSR count). The zero-order chi connectivity index (χ0) is 26.6. The highest BCUT2D eigenvalue weighted by Crippen LogP contribution is 2.05. The summed E-state index contributed by atoms with van der Waals surface area (Å²) in [6, 6.07) is 26.6. The third-order valence-electron chi connectivity index (χ3n) is 4.33. The summed E-state index contributed by atoms with van der Waals surface area (Å²) in [6.07, 6.45) is 3.81. The quantitative estimate of drug-likeness (QED) is 0.119. The molecule has 3 aromatic rings. The van der Waals surface area contributed by atoms with E-state index >= 15 is 0 Å². The molecule has 3 aromatic carbocycles. The van der Waals surface area contributed by atoms with Crippen molar-refractivity contribution in [3.05, 3.63) is 126 Å². The lowest BCUT2D eigenvalue weighted by atomic mass is 10.2. The van der Waals surface area contributed by atoms with Crippen LogP contribution in [-0.2, 0) is 19.3 Å². The van der Waals surface area contributed by atoms with Gasteiger partial charge in [0.15, 0.2) is 0 Å². The van der Waals surface area contributed by atoms with E-state index in [0.29, 0.717) is 23.3 Å². The highest BCUT2D eigenvalue weighted by molar-refractivity contribution is 5.92. The van der Waals surface area contributed by atoms with Crippen molar-refractivity contribution in [1.29, 1.82) is 0 Å². The lowest BCUT2D eigenvalue weighted by molar-refractivity contribution is -0.187. The van der Waals surface area contributed by atoms with Crippen LogP contribution in [0.3, 0.4) is 0 Å². The minimum atomic E-state index is -0.708. The number of hydrogen-bond donors (Lipinski definition) is 0. The lowest BCUT2D eigenvalue weighted by Crippen LogP contribution is -2.11. The van der Waals surface area contributed by atoms with Gasteiger partial charge in [-0.1, -0.05) is 99.3 Å². The van der Waals surface area contributed by atoms with Gasteiger partial charge in [0.05, 0.1) is 17.7 Å². The Labute approximate surface area is 212 Å². The van der Waals surface area contributed by atoms with Gasteiger partial charge in [-0.2, -0.15) is 0 Å². The smallest absolute Gasteiger partial charge is 0.386 e. The van der Waals surface area contributed by atoms with Crippen LogP contribution in [-0.4, -0.2) is 24.5 Å². The first kappa shape index (κ1) is 29.6. The number of benzene rings is 3. The summed E-state index contributed by atoms with van der Waals surface area (Å²) in [5.74, 6) is -1.70. The number of carbonyl (C=O) groups is 3. The Kier molecular flexibility index (Phi) is 14.8. The van der Waals surface area contributed by atoms with Crippen molar-refractivity contribution < 1.29 is 28.9 Å². The van der Waals surface area contributed by atoms with Crippen LogP contribution >= 0.6 is 0 Å². The first-order valence-corrected chi connectivity index (χ1v) is 11.4. The molecule has 36 heavy (non-hydrogen) atoms. The van der Waals surface area contributed by atoms with E-state index in [0.717, 1.165) is 12.8 Å². The summed E-state index contributed by atoms with van der Waals surface area (Å²) in [7, 11) is 0. The Balaban J connectivity index is 0.000000304. The van der Waals surface area contributed by atoms with E-state index in [1.807, 2.05) is 36.4 Å². The molecule has 0 aliphatic heterocycles. The molecular formula is C30H32O6. The summed E-state index contributed by atoms with van der Waals surface area (Å²) in [5, 5.41) is 0. The number of unbranched alkanes of at least 4 members (excludes halogenated alkanes) is 1. The van der Waals surface area contributed by atoms with Crippen LogP contribution in [0.2, 0.25) is 0 Å². The van der Waals surface area contributed by atoms with Crippen LogP contribution in [0.4, 0.5) is 0 Å². The summed E-state index contributed by atoms with van der Waals surface area (Å²) in [4.78, 5) is 42.6. The van der Waals surface area contributed by atoms with Crippen LogP contribution < -0.4 is 0 Å². The minimum Gasteiger partial charge on any atom is -0.462 e. The van der Waals surface area contributed by atoms with Crippen molar-refractivity contribution in [3.63, 3.8) is 0 Å². The fraction of sp³-hybridized carbons (Fsp3) is 0.167. The van der Waals surface area contributed by atoms with Gasteiger partial charge in [0, 0.05) is 5.57 Å². The normalized spacial score (nSPS) is 9.17. The van der Waals surface area contributed by atoms with Crippen LogP contribution in [0, 0.1) is 0 Å². The van der Waals surface area contributed by atoms with Crippen molar-refractivity contribution in [1.82, 2.24) is 0 Å². The monoisotopic (exact) mass is 488 g/mol. The molecule has 6 nitrogen and oxygen atoms in total. The zero-order valence-electron chi connectivity index (χ0n) is 20.7. The molecule has 0 fully saturated rings. The largest absolute Gasteiger partial charge is 0.462 e. The van der Waals surface area contributed by atoms with Crippen molar-refractivity contribution in [3.8, 4) is 0 Å². The van der Waals surface area contributed by atoms with E-state index in [2.05, 4.69) is 29.9 Å². The molecule has 0 bridgehead atoms. The molecular weight excluding hydrogens is 456 g/mol. The van der Waals surface area contributed by atoms with Crippen molar-refractivity contribution in [2.45, 2.75) is 26.7 Å². The van der Waals surface area contributed by atoms with Crippen LogP contribution in [0.25, 0.3) is 6.08 Å². The predicted molar refractivity (Wildman–Crippen MR) is 141 cm³/mol. The topological polar surface area (TPSA) is 78.9 Å². The molecule has 0 saturated carbocycles. The Morgan fingerprint density at radius 3 is 1.50 bits per heavy atom. The second kappa shape index (κ2) is 18.0. The molecule has 0 aliphatic rings. The van der Waals surface area contributed by atoms with Crippen LogP contribution in [0.5, 0.6) is 0 Å². The molecule has 0 aliphatic carbocycles. The molecule has 0 aromatic heterocycles. The predicted octanol–water partition coefficient (Wildman–Crippen LogP) is 6.85. The Morgan fingerprint density at radius 1 is 0.750 bits per heavy atom. The zero-order valence-corrected chi connectivity index (χ0v) is 20.7. The molecule has 0 amide bonds. The maximum atomic E-state index is 11.5. The van der Waals surface area contributed by atoms with Gasteiger partial charge in [-0.25, -0.2) is 24.2 Å². The number of ether oxygens (including phenoxy) is 1. The maximum absolute atomic E-state index is 11.5. The minimum absolute atomic E-state index is 0.284. The number of carbonyl (C=O) groups excluding carboxylic acids is 3. The Bertz CT molecular complexity index is 1020. The van der Waals surface area contributed by atoms with Crippen molar-refractivity contribution in [2.75, 3.05) is 6.61 Å². The van der Waals surface area contributed by atoms with Crippen molar-refractivity contribution in [2.24, 2.45) is 0 Å². The van der Waals surface area contributed by atoms with Gasteiger partial charge in [-0.15, -0.1) is 0 Å². The SMILES string of the molecule is C=C(C)C(=O)OCCCC.C=Cc1ccccc1.O=C(OOC(=O)c1ccccc1)c1ccccc1. The van der Waals surface area contributed by atoms with Gasteiger partial charge in [-0.3, -0.25) is 0 Å². The Hall–Kier alpha value is -4.45. The summed E-state index contributed by atoms with van der Waals surface area (Å²) >= 11 is 0. The van der Waals surface area contributed by atoms with Gasteiger partial charge in [0.2, 0.25) is 0 Å². The van der Waals surface area contributed by atoms with Gasteiger partial charge >= 0.3 is 17.9 Å². The van der Waals surface area contributed by atoms with Gasteiger partial charge < -0.3 is 4.74 Å².